The summed E-state index contributed by atoms with van der Waals surface area (Å²) >= 11 is 0. The van der Waals surface area contributed by atoms with Gasteiger partial charge in [-0.25, -0.2) is 23.4 Å². The second-order valence-corrected chi connectivity index (χ2v) is 14.1. The second-order valence-electron chi connectivity index (χ2n) is 11.9. The van der Waals surface area contributed by atoms with Gasteiger partial charge in [0.05, 0.1) is 11.8 Å². The van der Waals surface area contributed by atoms with E-state index in [-0.39, 0.29) is 22.2 Å². The van der Waals surface area contributed by atoms with E-state index in [0.717, 1.165) is 47.7 Å². The van der Waals surface area contributed by atoms with Crippen LogP contribution in [-0.4, -0.2) is 47.8 Å². The Morgan fingerprint density at radius 1 is 1.10 bits per heavy atom. The van der Waals surface area contributed by atoms with Crippen molar-refractivity contribution >= 4 is 21.5 Å². The Morgan fingerprint density at radius 3 is 2.74 bits per heavy atom. The number of aryl methyl sites for hydroxylation is 1. The van der Waals surface area contributed by atoms with Crippen molar-refractivity contribution in [2.24, 2.45) is 11.1 Å². The van der Waals surface area contributed by atoms with Gasteiger partial charge in [0.2, 0.25) is 0 Å². The number of benzene rings is 1. The van der Waals surface area contributed by atoms with Gasteiger partial charge in [-0.3, -0.25) is 0 Å². The molecule has 0 bridgehead atoms. The number of ether oxygens (including phenoxy) is 1. The molecule has 0 saturated heterocycles. The predicted molar refractivity (Wildman–Crippen MR) is 151 cm³/mol. The number of rotatable bonds is 4. The van der Waals surface area contributed by atoms with Gasteiger partial charge in [0.1, 0.15) is 35.2 Å². The summed E-state index contributed by atoms with van der Waals surface area (Å²) in [5.41, 5.74) is 17.2. The van der Waals surface area contributed by atoms with Crippen molar-refractivity contribution in [1.82, 2.24) is 15.0 Å². The van der Waals surface area contributed by atoms with Crippen molar-refractivity contribution < 1.29 is 13.2 Å². The van der Waals surface area contributed by atoms with Crippen LogP contribution in [0.4, 0.5) is 11.6 Å². The van der Waals surface area contributed by atoms with Crippen molar-refractivity contribution in [3.05, 3.63) is 53.6 Å². The number of hydrogen-bond donors (Lipinski definition) is 2. The number of sulfone groups is 1. The van der Waals surface area contributed by atoms with Gasteiger partial charge < -0.3 is 21.1 Å². The zero-order chi connectivity index (χ0) is 27.4. The van der Waals surface area contributed by atoms with Crippen molar-refractivity contribution in [3.63, 3.8) is 0 Å². The molecule has 1 aromatic carbocycles. The number of nitrogen functional groups attached to an aromatic ring is 1. The van der Waals surface area contributed by atoms with Crippen LogP contribution in [0.5, 0.6) is 5.75 Å². The first-order valence-electron chi connectivity index (χ1n) is 13.7. The summed E-state index contributed by atoms with van der Waals surface area (Å²) in [4.78, 5) is 16.0. The number of hydrogen-bond acceptors (Lipinski definition) is 9. The molecule has 2 aromatic heterocycles. The Hall–Kier alpha value is -3.24. The summed E-state index contributed by atoms with van der Waals surface area (Å²) in [6.45, 7) is 6.49. The van der Waals surface area contributed by atoms with Crippen LogP contribution >= 0.6 is 0 Å². The average molecular weight is 549 g/mol. The van der Waals surface area contributed by atoms with E-state index in [9.17, 15) is 8.42 Å². The lowest BCUT2D eigenvalue weighted by Gasteiger charge is -2.33. The lowest BCUT2D eigenvalue weighted by molar-refractivity contribution is 0.310. The maximum absolute atomic E-state index is 13.4. The van der Waals surface area contributed by atoms with Crippen LogP contribution in [0.1, 0.15) is 56.4 Å². The van der Waals surface area contributed by atoms with Gasteiger partial charge >= 0.3 is 0 Å². The molecule has 1 fully saturated rings. The number of aromatic nitrogens is 3. The Kier molecular flexibility index (Phi) is 6.50. The molecule has 3 heterocycles. The van der Waals surface area contributed by atoms with E-state index >= 15 is 0 Å². The fraction of sp³-hybridized carbons (Fsp3) is 0.483. The summed E-state index contributed by atoms with van der Waals surface area (Å²) in [6, 6.07) is 7.51. The minimum Gasteiger partial charge on any atom is -0.491 e. The molecule has 2 aliphatic carbocycles. The molecular weight excluding hydrogens is 512 g/mol. The monoisotopic (exact) mass is 548 g/mol. The molecule has 0 amide bonds. The molecule has 1 saturated carbocycles. The summed E-state index contributed by atoms with van der Waals surface area (Å²) in [5.74, 6) is 1.83. The number of nitrogens with two attached hydrogens (primary N) is 2. The van der Waals surface area contributed by atoms with E-state index in [1.165, 1.54) is 5.56 Å². The summed E-state index contributed by atoms with van der Waals surface area (Å²) < 4.78 is 32.9. The van der Waals surface area contributed by atoms with Gasteiger partial charge in [0, 0.05) is 41.2 Å². The molecule has 0 spiro atoms. The van der Waals surface area contributed by atoms with Crippen LogP contribution in [0, 0.1) is 5.41 Å². The van der Waals surface area contributed by atoms with Gasteiger partial charge in [-0.15, -0.1) is 0 Å². The topological polar surface area (TPSA) is 137 Å². The van der Waals surface area contributed by atoms with Crippen LogP contribution in [-0.2, 0) is 29.2 Å². The maximum atomic E-state index is 13.4. The lowest BCUT2D eigenvalue weighted by atomic mass is 9.76. The zero-order valence-corrected chi connectivity index (χ0v) is 23.4. The highest BCUT2D eigenvalue weighted by Crippen LogP contribution is 2.39. The van der Waals surface area contributed by atoms with E-state index < -0.39 is 15.1 Å². The molecule has 10 heteroatoms. The van der Waals surface area contributed by atoms with E-state index in [2.05, 4.69) is 34.8 Å². The quantitative estimate of drug-likeness (QED) is 0.500. The summed E-state index contributed by atoms with van der Waals surface area (Å²) in [7, 11) is -3.63. The number of pyridine rings is 1. The van der Waals surface area contributed by atoms with Crippen molar-refractivity contribution in [3.8, 4) is 16.9 Å². The molecule has 39 heavy (non-hydrogen) atoms. The third-order valence-corrected chi connectivity index (χ3v) is 10.7. The van der Waals surface area contributed by atoms with Crippen molar-refractivity contribution in [2.75, 3.05) is 23.8 Å². The molecule has 6 rings (SSSR count). The Bertz CT molecular complexity index is 1520. The Morgan fingerprint density at radius 2 is 1.95 bits per heavy atom. The molecule has 1 aliphatic heterocycles. The SMILES string of the molecule is CC1(C)CCc2ncnc(N3CCOc4ccc(-c5cnc(N)c(S(=O)(=O)C6CCC(N)C6)c5)cc4C3)c2C1. The predicted octanol–water partition coefficient (Wildman–Crippen LogP) is 3.69. The standard InChI is InChI=1S/C29H36N6O3S/c1-29(2)8-7-24-23(14-29)28(34-17-33-24)35-9-10-38-25-6-3-18(11-20(25)16-35)19-12-26(27(31)32-15-19)39(36,37)22-5-4-21(30)13-22/h3,6,11-12,15,17,21-22H,4-5,7-10,13-14,16,30H2,1-2H3,(H2,31,32). The minimum atomic E-state index is -3.63. The highest BCUT2D eigenvalue weighted by Gasteiger charge is 2.36. The highest BCUT2D eigenvalue weighted by molar-refractivity contribution is 7.92. The average Bonchev–Trinajstić information content (AvgIpc) is 3.24. The molecule has 3 aromatic rings. The Labute approximate surface area is 229 Å². The molecule has 9 nitrogen and oxygen atoms in total. The largest absolute Gasteiger partial charge is 0.491 e. The molecule has 0 radical (unpaired) electrons. The van der Waals surface area contributed by atoms with Crippen LogP contribution in [0.2, 0.25) is 0 Å². The molecule has 3 aliphatic rings. The molecule has 2 unspecified atom stereocenters. The zero-order valence-electron chi connectivity index (χ0n) is 22.6. The van der Waals surface area contributed by atoms with E-state index in [1.54, 1.807) is 18.6 Å². The van der Waals surface area contributed by atoms with Crippen LogP contribution in [0.15, 0.2) is 41.7 Å². The number of anilines is 2. The fourth-order valence-electron chi connectivity index (χ4n) is 6.16. The first-order chi connectivity index (χ1) is 18.6. The molecule has 206 valence electrons. The van der Waals surface area contributed by atoms with Crippen LogP contribution in [0.3, 0.4) is 0 Å². The highest BCUT2D eigenvalue weighted by atomic mass is 32.2. The fourth-order valence-corrected chi connectivity index (χ4v) is 8.10. The first-order valence-corrected chi connectivity index (χ1v) is 15.2. The smallest absolute Gasteiger partial charge is 0.184 e. The third kappa shape index (κ3) is 4.96. The van der Waals surface area contributed by atoms with Crippen molar-refractivity contribution in [1.29, 1.82) is 0 Å². The minimum absolute atomic E-state index is 0.0277. The van der Waals surface area contributed by atoms with Crippen LogP contribution < -0.4 is 21.1 Å². The molecule has 2 atom stereocenters. The second kappa shape index (κ2) is 9.75. The van der Waals surface area contributed by atoms with Crippen molar-refractivity contribution in [2.45, 2.75) is 75.1 Å². The number of fused-ring (bicyclic) bond motifs is 2. The van der Waals surface area contributed by atoms with Gasteiger partial charge in [-0.2, -0.15) is 0 Å². The van der Waals surface area contributed by atoms with Crippen LogP contribution in [0.25, 0.3) is 11.1 Å². The summed E-state index contributed by atoms with van der Waals surface area (Å²) in [5, 5.41) is -0.523. The van der Waals surface area contributed by atoms with Gasteiger partial charge in [0.25, 0.3) is 0 Å². The maximum Gasteiger partial charge on any atom is 0.184 e. The van der Waals surface area contributed by atoms with E-state index in [0.29, 0.717) is 44.5 Å². The van der Waals surface area contributed by atoms with E-state index in [1.807, 2.05) is 12.1 Å². The number of nitrogens with zero attached hydrogens (tertiary/aromatic N) is 4. The molecular formula is C29H36N6O3S. The first kappa shape index (κ1) is 26.0. The molecule has 4 N–H and O–H groups in total. The Balaban J connectivity index is 1.33. The van der Waals surface area contributed by atoms with Gasteiger partial charge in [0.15, 0.2) is 9.84 Å². The normalized spacial score (nSPS) is 22.5. The van der Waals surface area contributed by atoms with Gasteiger partial charge in [-0.1, -0.05) is 19.9 Å². The lowest BCUT2D eigenvalue weighted by Crippen LogP contribution is -2.31. The summed E-state index contributed by atoms with van der Waals surface area (Å²) in [6.07, 6.45) is 8.03. The van der Waals surface area contributed by atoms with Gasteiger partial charge in [-0.05, 0) is 67.7 Å². The third-order valence-electron chi connectivity index (χ3n) is 8.43. The van der Waals surface area contributed by atoms with E-state index in [4.69, 9.17) is 21.2 Å².